The van der Waals surface area contributed by atoms with Crippen molar-refractivity contribution in [3.63, 3.8) is 0 Å². The van der Waals surface area contributed by atoms with Gasteiger partial charge >= 0.3 is 15.2 Å². The maximum absolute atomic E-state index is 13.7. The van der Waals surface area contributed by atoms with Gasteiger partial charge < -0.3 is 22.2 Å². The number of ether oxygens (including phenoxy) is 1. The van der Waals surface area contributed by atoms with Crippen LogP contribution in [-0.4, -0.2) is 40.5 Å². The topological polar surface area (TPSA) is 80.3 Å². The quantitative estimate of drug-likeness (QED) is 0.276. The van der Waals surface area contributed by atoms with Gasteiger partial charge in [0.2, 0.25) is 0 Å². The molecule has 0 aromatic heterocycles. The molecule has 1 saturated heterocycles. The molecule has 162 valence electrons. The predicted octanol–water partition coefficient (Wildman–Crippen LogP) is 6.39. The van der Waals surface area contributed by atoms with Gasteiger partial charge in [-0.05, 0) is 79.8 Å². The van der Waals surface area contributed by atoms with Crippen LogP contribution < -0.4 is 0 Å². The average Bonchev–Trinajstić information content (AvgIpc) is 2.81. The Bertz CT molecular complexity index is 550. The van der Waals surface area contributed by atoms with Crippen molar-refractivity contribution in [2.75, 3.05) is 0 Å². The molecule has 2 atom stereocenters. The van der Waals surface area contributed by atoms with Crippen LogP contribution in [0.4, 0.5) is 0 Å². The number of rotatable bonds is 10. The molecule has 11 heteroatoms. The van der Waals surface area contributed by atoms with Gasteiger partial charge in [-0.15, -0.1) is 0 Å². The van der Waals surface area contributed by atoms with Gasteiger partial charge in [-0.3, -0.25) is 9.13 Å². The molecule has 7 nitrogen and oxygen atoms in total. The van der Waals surface area contributed by atoms with E-state index in [4.69, 9.17) is 22.2 Å². The van der Waals surface area contributed by atoms with Gasteiger partial charge in [0.25, 0.3) is 0 Å². The lowest BCUT2D eigenvalue weighted by molar-refractivity contribution is 0.0654. The summed E-state index contributed by atoms with van der Waals surface area (Å²) in [6.07, 6.45) is 0.306. The molecule has 27 heavy (non-hydrogen) atoms. The molecule has 0 amide bonds. The van der Waals surface area contributed by atoms with Crippen LogP contribution in [0.2, 0.25) is 39.3 Å². The van der Waals surface area contributed by atoms with Gasteiger partial charge in [-0.2, -0.15) is 0 Å². The second-order valence-corrected chi connectivity index (χ2v) is 23.1. The molecule has 1 fully saturated rings. The highest BCUT2D eigenvalue weighted by molar-refractivity contribution is 7.58. The van der Waals surface area contributed by atoms with E-state index in [1.165, 1.54) is 0 Å². The molecular weight excluding hydrogens is 422 g/mol. The summed E-state index contributed by atoms with van der Waals surface area (Å²) in [6.45, 7) is 19.0. The molecule has 1 heterocycles. The Labute approximate surface area is 167 Å². The lowest BCUT2D eigenvalue weighted by Crippen LogP contribution is -2.33. The standard InChI is InChI=1S/C16H38O7P2Si2/c1-13(2)20-24(17,21-14(3)4)15-11-12-16(19-15)25(18,22-26(5,6)7)23-27(8,9)10/h13-16H,11-12H2,1-10H3. The predicted molar refractivity (Wildman–Crippen MR) is 114 cm³/mol. The van der Waals surface area contributed by atoms with Gasteiger partial charge in [0.05, 0.1) is 12.2 Å². The molecular formula is C16H38O7P2Si2. The van der Waals surface area contributed by atoms with E-state index in [9.17, 15) is 9.13 Å². The van der Waals surface area contributed by atoms with Gasteiger partial charge in [0.15, 0.2) is 28.3 Å². The molecule has 0 saturated carbocycles. The second-order valence-electron chi connectivity index (χ2n) is 9.42. The Hall–Kier alpha value is 0.694. The summed E-state index contributed by atoms with van der Waals surface area (Å²) < 4.78 is 56.4. The van der Waals surface area contributed by atoms with Gasteiger partial charge in [-0.1, -0.05) is 0 Å². The van der Waals surface area contributed by atoms with Crippen molar-refractivity contribution in [1.29, 1.82) is 0 Å². The Morgan fingerprint density at radius 1 is 0.741 bits per heavy atom. The third kappa shape index (κ3) is 8.53. The van der Waals surface area contributed by atoms with Crippen molar-refractivity contribution >= 4 is 31.8 Å². The first-order chi connectivity index (χ1) is 12.0. The first-order valence-corrected chi connectivity index (χ1v) is 19.6. The van der Waals surface area contributed by atoms with Crippen molar-refractivity contribution in [3.05, 3.63) is 0 Å². The molecule has 0 aliphatic carbocycles. The SMILES string of the molecule is CC(C)OP(=O)(OC(C)C)C1CCC(P(=O)(O[Si](C)(C)C)O[Si](C)(C)C)O1. The van der Waals surface area contributed by atoms with Crippen LogP contribution in [0, 0.1) is 0 Å². The van der Waals surface area contributed by atoms with E-state index in [0.717, 1.165) is 0 Å². The minimum absolute atomic E-state index is 0.277. The Morgan fingerprint density at radius 2 is 1.07 bits per heavy atom. The van der Waals surface area contributed by atoms with Crippen LogP contribution in [0.3, 0.4) is 0 Å². The van der Waals surface area contributed by atoms with Crippen molar-refractivity contribution in [2.45, 2.75) is 104 Å². The normalized spacial score (nSPS) is 22.8. The Kier molecular flexibility index (Phi) is 8.80. The van der Waals surface area contributed by atoms with Crippen LogP contribution in [0.5, 0.6) is 0 Å². The van der Waals surface area contributed by atoms with Crippen LogP contribution in [-0.2, 0) is 31.3 Å². The summed E-state index contributed by atoms with van der Waals surface area (Å²) in [5.41, 5.74) is 0. The summed E-state index contributed by atoms with van der Waals surface area (Å²) in [4.78, 5) is 0. The fraction of sp³-hybridized carbons (Fsp3) is 1.00. The Balaban J connectivity index is 3.10. The molecule has 2 unspecified atom stereocenters. The van der Waals surface area contributed by atoms with E-state index in [-0.39, 0.29) is 12.2 Å². The maximum Gasteiger partial charge on any atom is 0.359 e. The van der Waals surface area contributed by atoms with Crippen molar-refractivity contribution in [3.8, 4) is 0 Å². The van der Waals surface area contributed by atoms with Gasteiger partial charge in [0.1, 0.15) is 0 Å². The van der Waals surface area contributed by atoms with Gasteiger partial charge in [-0.25, -0.2) is 0 Å². The summed E-state index contributed by atoms with van der Waals surface area (Å²) in [5.74, 6) is -1.52. The fourth-order valence-corrected chi connectivity index (χ4v) is 13.4. The zero-order chi connectivity index (χ0) is 21.3. The molecule has 0 aromatic carbocycles. The molecule has 0 aromatic rings. The lowest BCUT2D eigenvalue weighted by atomic mass is 10.4. The number of hydrogen-bond acceptors (Lipinski definition) is 7. The minimum atomic E-state index is -3.52. The minimum Gasteiger partial charge on any atom is -0.350 e. The van der Waals surface area contributed by atoms with E-state index in [1.807, 2.05) is 39.3 Å². The van der Waals surface area contributed by atoms with Crippen LogP contribution in [0.15, 0.2) is 0 Å². The average molecular weight is 461 g/mol. The third-order valence-electron chi connectivity index (χ3n) is 3.20. The highest BCUT2D eigenvalue weighted by Crippen LogP contribution is 2.66. The Morgan fingerprint density at radius 3 is 1.37 bits per heavy atom. The van der Waals surface area contributed by atoms with Gasteiger partial charge in [0, 0.05) is 0 Å². The zero-order valence-electron chi connectivity index (χ0n) is 18.5. The lowest BCUT2D eigenvalue weighted by Gasteiger charge is -2.34. The molecule has 1 aliphatic heterocycles. The highest BCUT2D eigenvalue weighted by Gasteiger charge is 2.52. The smallest absolute Gasteiger partial charge is 0.350 e. The summed E-state index contributed by atoms with van der Waals surface area (Å²) in [6, 6.07) is 0. The molecule has 0 radical (unpaired) electrons. The first kappa shape index (κ1) is 25.7. The molecule has 1 rings (SSSR count). The molecule has 0 bridgehead atoms. The van der Waals surface area contributed by atoms with Crippen molar-refractivity contribution < 1.29 is 31.3 Å². The van der Waals surface area contributed by atoms with Crippen LogP contribution in [0.25, 0.3) is 0 Å². The van der Waals surface area contributed by atoms with E-state index < -0.39 is 43.5 Å². The maximum atomic E-state index is 13.7. The summed E-state index contributed by atoms with van der Waals surface area (Å²) in [7, 11) is -11.4. The number of hydrogen-bond donors (Lipinski definition) is 0. The zero-order valence-corrected chi connectivity index (χ0v) is 22.3. The highest BCUT2D eigenvalue weighted by atomic mass is 31.2. The molecule has 0 spiro atoms. The fourth-order valence-electron chi connectivity index (χ4n) is 2.72. The summed E-state index contributed by atoms with van der Waals surface area (Å²) >= 11 is 0. The molecule has 0 N–H and O–H groups in total. The molecule has 1 aliphatic rings. The third-order valence-corrected chi connectivity index (χ3v) is 13.2. The first-order valence-electron chi connectivity index (χ1n) is 9.59. The van der Waals surface area contributed by atoms with E-state index in [2.05, 4.69) is 0 Å². The second kappa shape index (κ2) is 9.23. The van der Waals surface area contributed by atoms with E-state index in [0.29, 0.717) is 12.8 Å². The van der Waals surface area contributed by atoms with Crippen molar-refractivity contribution in [2.24, 2.45) is 0 Å². The monoisotopic (exact) mass is 460 g/mol. The summed E-state index contributed by atoms with van der Waals surface area (Å²) in [5, 5.41) is 0. The van der Waals surface area contributed by atoms with E-state index >= 15 is 0 Å². The van der Waals surface area contributed by atoms with Crippen LogP contribution >= 0.6 is 15.2 Å². The van der Waals surface area contributed by atoms with E-state index in [1.54, 1.807) is 27.7 Å². The van der Waals surface area contributed by atoms with Crippen LogP contribution in [0.1, 0.15) is 40.5 Å². The van der Waals surface area contributed by atoms with Crippen molar-refractivity contribution in [1.82, 2.24) is 0 Å². The largest absolute Gasteiger partial charge is 0.359 e.